The average Bonchev–Trinajstić information content (AvgIpc) is 3.04. The largest absolute Gasteiger partial charge is 0.399 e. The van der Waals surface area contributed by atoms with Crippen LogP contribution in [0.1, 0.15) is 51.0 Å². The van der Waals surface area contributed by atoms with Crippen LogP contribution in [0.3, 0.4) is 0 Å². The summed E-state index contributed by atoms with van der Waals surface area (Å²) in [6.07, 6.45) is 16.7. The molecule has 3 aliphatic rings. The van der Waals surface area contributed by atoms with E-state index in [9.17, 15) is 0 Å². The van der Waals surface area contributed by atoms with E-state index < -0.39 is 0 Å². The summed E-state index contributed by atoms with van der Waals surface area (Å²) in [5, 5.41) is 0. The molecule has 2 saturated carbocycles. The van der Waals surface area contributed by atoms with Gasteiger partial charge < -0.3 is 5.73 Å². The fourth-order valence-corrected chi connectivity index (χ4v) is 9.34. The molecule has 27 heavy (non-hydrogen) atoms. The summed E-state index contributed by atoms with van der Waals surface area (Å²) in [5.41, 5.74) is 10.2. The van der Waals surface area contributed by atoms with Gasteiger partial charge >= 0.3 is 0 Å². The Kier molecular flexibility index (Phi) is 5.10. The number of benzene rings is 1. The third kappa shape index (κ3) is 2.61. The predicted octanol–water partition coefficient (Wildman–Crippen LogP) is 6.25. The van der Waals surface area contributed by atoms with E-state index in [0.29, 0.717) is 22.7 Å². The monoisotopic (exact) mass is 379 g/mol. The molecule has 0 heterocycles. The van der Waals surface area contributed by atoms with Gasteiger partial charge in [0.05, 0.1) is 0 Å². The number of fused-ring (bicyclic) bond motifs is 1. The minimum Gasteiger partial charge on any atom is -0.399 e. The van der Waals surface area contributed by atoms with Crippen molar-refractivity contribution in [2.24, 2.45) is 28.4 Å². The van der Waals surface area contributed by atoms with Gasteiger partial charge in [0.1, 0.15) is 0 Å². The number of hydrogen-bond acceptors (Lipinski definition) is 1. The van der Waals surface area contributed by atoms with E-state index in [-0.39, 0.29) is 0 Å². The van der Waals surface area contributed by atoms with Crippen molar-refractivity contribution in [2.75, 3.05) is 6.66 Å². The van der Waals surface area contributed by atoms with Gasteiger partial charge in [0.25, 0.3) is 0 Å². The Morgan fingerprint density at radius 1 is 1.15 bits per heavy atom. The Morgan fingerprint density at radius 3 is 2.63 bits per heavy atom. The van der Waals surface area contributed by atoms with Crippen molar-refractivity contribution >= 4 is 8.58 Å². The maximum absolute atomic E-state index is 6.15. The summed E-state index contributed by atoms with van der Waals surface area (Å²) in [6.45, 7) is 7.46. The van der Waals surface area contributed by atoms with E-state index in [1.165, 1.54) is 25.7 Å². The zero-order valence-corrected chi connectivity index (χ0v) is 18.0. The molecule has 3 aliphatic carbocycles. The molecule has 144 valence electrons. The lowest BCUT2D eigenvalue weighted by Crippen LogP contribution is -2.44. The number of hydrogen-bond donors (Lipinski definition) is 1. The highest BCUT2D eigenvalue weighted by Gasteiger charge is 2.69. The van der Waals surface area contributed by atoms with Crippen LogP contribution in [0.15, 0.2) is 66.4 Å². The number of nitrogens with two attached hydrogens (primary N) is 1. The van der Waals surface area contributed by atoms with Gasteiger partial charge in [-0.05, 0) is 72.0 Å². The van der Waals surface area contributed by atoms with Gasteiger partial charge in [0, 0.05) is 11.6 Å². The summed E-state index contributed by atoms with van der Waals surface area (Å²) in [6, 6.07) is 11.4. The minimum absolute atomic E-state index is 0.307. The molecule has 0 saturated heterocycles. The lowest BCUT2D eigenvalue weighted by atomic mass is 9.55. The van der Waals surface area contributed by atoms with Crippen molar-refractivity contribution in [3.8, 4) is 0 Å². The number of rotatable bonds is 4. The maximum atomic E-state index is 6.15. The first-order chi connectivity index (χ1) is 13.1. The topological polar surface area (TPSA) is 26.0 Å². The molecule has 0 radical (unpaired) electrons. The summed E-state index contributed by atoms with van der Waals surface area (Å²) in [5.74, 6) is 1.81. The quantitative estimate of drug-likeness (QED) is 0.615. The maximum Gasteiger partial charge on any atom is 0.0310 e. The number of allylic oxidation sites excluding steroid dienone is 5. The van der Waals surface area contributed by atoms with E-state index >= 15 is 0 Å². The average molecular weight is 380 g/mol. The van der Waals surface area contributed by atoms with Crippen molar-refractivity contribution in [2.45, 2.75) is 51.1 Å². The molecule has 0 spiro atoms. The molecule has 7 atom stereocenters. The van der Waals surface area contributed by atoms with Crippen LogP contribution in [-0.2, 0) is 0 Å². The molecule has 0 aromatic heterocycles. The predicted molar refractivity (Wildman–Crippen MR) is 119 cm³/mol. The van der Waals surface area contributed by atoms with Crippen LogP contribution in [-0.4, -0.2) is 12.3 Å². The van der Waals surface area contributed by atoms with Crippen LogP contribution < -0.4 is 5.73 Å². The lowest BCUT2D eigenvalue weighted by molar-refractivity contribution is 0.0619. The van der Waals surface area contributed by atoms with Gasteiger partial charge in [-0.3, -0.25) is 0 Å². The Hall–Kier alpha value is -1.33. The van der Waals surface area contributed by atoms with Gasteiger partial charge in [0.2, 0.25) is 0 Å². The molecular weight excluding hydrogens is 345 g/mol. The second-order valence-corrected chi connectivity index (χ2v) is 10.1. The third-order valence-electron chi connectivity index (χ3n) is 8.14. The first-order valence-electron chi connectivity index (χ1n) is 10.6. The second kappa shape index (κ2) is 7.25. The zero-order valence-electron chi connectivity index (χ0n) is 17.0. The normalized spacial score (nSPS) is 41.1. The van der Waals surface area contributed by atoms with E-state index in [2.05, 4.69) is 81.2 Å². The van der Waals surface area contributed by atoms with Gasteiger partial charge in [-0.2, -0.15) is 0 Å². The molecule has 7 unspecified atom stereocenters. The molecule has 1 aromatic carbocycles. The first-order valence-corrected chi connectivity index (χ1v) is 12.2. The fraction of sp³-hybridized carbons (Fsp3) is 0.520. The van der Waals surface area contributed by atoms with Crippen LogP contribution in [0.4, 0.5) is 0 Å². The zero-order chi connectivity index (χ0) is 19.1. The van der Waals surface area contributed by atoms with Crippen molar-refractivity contribution < 1.29 is 0 Å². The van der Waals surface area contributed by atoms with Crippen molar-refractivity contribution in [1.29, 1.82) is 0 Å². The standard InChI is InChI=1S/C25H34NP/c1-4-24-16-9-17-25(24,20-12-8-13-21(26)15-14-20)22(18(2)23(24)27-3)19-10-6-5-7-11-19/h5-8,10-15,18,20,22-23,27H,4,9,16-17,26H2,1-3H3. The molecule has 0 bridgehead atoms. The molecule has 4 rings (SSSR count). The summed E-state index contributed by atoms with van der Waals surface area (Å²) in [7, 11) is 1.02. The van der Waals surface area contributed by atoms with E-state index in [1.54, 1.807) is 5.56 Å². The Bertz CT molecular complexity index is 764. The lowest BCUT2D eigenvalue weighted by Gasteiger charge is -2.50. The fourth-order valence-electron chi connectivity index (χ4n) is 7.45. The molecule has 2 N–H and O–H groups in total. The van der Waals surface area contributed by atoms with Gasteiger partial charge in [-0.1, -0.05) is 68.8 Å². The summed E-state index contributed by atoms with van der Waals surface area (Å²) < 4.78 is 0. The highest BCUT2D eigenvalue weighted by atomic mass is 31.1. The van der Waals surface area contributed by atoms with Crippen molar-refractivity contribution in [3.63, 3.8) is 0 Å². The van der Waals surface area contributed by atoms with Gasteiger partial charge in [-0.15, -0.1) is 8.58 Å². The molecule has 1 nitrogen and oxygen atoms in total. The van der Waals surface area contributed by atoms with Crippen LogP contribution in [0.5, 0.6) is 0 Å². The highest BCUT2D eigenvalue weighted by Crippen LogP contribution is 2.77. The Labute approximate surface area is 167 Å². The van der Waals surface area contributed by atoms with E-state index in [0.717, 1.165) is 25.9 Å². The van der Waals surface area contributed by atoms with Gasteiger partial charge in [0.15, 0.2) is 0 Å². The van der Waals surface area contributed by atoms with Crippen LogP contribution in [0.2, 0.25) is 0 Å². The second-order valence-electron chi connectivity index (χ2n) is 8.85. The van der Waals surface area contributed by atoms with Crippen molar-refractivity contribution in [1.82, 2.24) is 0 Å². The Morgan fingerprint density at radius 2 is 1.93 bits per heavy atom. The van der Waals surface area contributed by atoms with Crippen LogP contribution in [0, 0.1) is 22.7 Å². The third-order valence-corrected chi connectivity index (χ3v) is 9.84. The summed E-state index contributed by atoms with van der Waals surface area (Å²) in [4.78, 5) is 0. The van der Waals surface area contributed by atoms with E-state index in [1.807, 2.05) is 0 Å². The first kappa shape index (κ1) is 19.0. The molecule has 1 aromatic rings. The summed E-state index contributed by atoms with van der Waals surface area (Å²) >= 11 is 0. The molecule has 2 fully saturated rings. The van der Waals surface area contributed by atoms with E-state index in [4.69, 9.17) is 5.73 Å². The smallest absolute Gasteiger partial charge is 0.0310 e. The SMILES string of the molecule is CCC12CCCC1(C1C=CC=C(N)C=C1)C(c1ccccc1)C(C)C2PC. The Balaban J connectivity index is 1.93. The minimum atomic E-state index is 0.307. The van der Waals surface area contributed by atoms with Crippen LogP contribution in [0.25, 0.3) is 0 Å². The molecule has 0 aliphatic heterocycles. The van der Waals surface area contributed by atoms with Gasteiger partial charge in [-0.25, -0.2) is 0 Å². The molecular formula is C25H34NP. The highest BCUT2D eigenvalue weighted by molar-refractivity contribution is 7.38. The molecule has 2 heteroatoms. The molecule has 0 amide bonds. The van der Waals surface area contributed by atoms with Crippen LogP contribution >= 0.6 is 8.58 Å². The van der Waals surface area contributed by atoms with Crippen molar-refractivity contribution in [3.05, 3.63) is 72.0 Å².